The molecule has 18 heavy (non-hydrogen) atoms. The fourth-order valence-electron chi connectivity index (χ4n) is 2.88. The number of aliphatic hydroxyl groups excluding tert-OH is 1. The Hall–Kier alpha value is -0.170. The van der Waals surface area contributed by atoms with Gasteiger partial charge in [-0.15, -0.1) is 0 Å². The van der Waals surface area contributed by atoms with Crippen LogP contribution in [0.1, 0.15) is 33.1 Å². The van der Waals surface area contributed by atoms with E-state index < -0.39 is 16.3 Å². The van der Waals surface area contributed by atoms with Crippen LogP contribution < -0.4 is 0 Å². The molecule has 1 N–H and O–H groups in total. The molecule has 5 nitrogen and oxygen atoms in total. The van der Waals surface area contributed by atoms with Crippen LogP contribution in [0, 0.1) is 11.8 Å². The number of rotatable bonds is 3. The van der Waals surface area contributed by atoms with Crippen LogP contribution in [-0.2, 0) is 10.2 Å². The maximum Gasteiger partial charge on any atom is 0.281 e. The van der Waals surface area contributed by atoms with Gasteiger partial charge in [0, 0.05) is 26.2 Å². The van der Waals surface area contributed by atoms with E-state index in [1.807, 2.05) is 0 Å². The third-order valence-electron chi connectivity index (χ3n) is 4.14. The summed E-state index contributed by atoms with van der Waals surface area (Å²) in [6.45, 7) is 6.13. The predicted molar refractivity (Wildman–Crippen MR) is 70.3 cm³/mol. The van der Waals surface area contributed by atoms with E-state index in [9.17, 15) is 13.5 Å². The summed E-state index contributed by atoms with van der Waals surface area (Å²) < 4.78 is 28.1. The van der Waals surface area contributed by atoms with Crippen LogP contribution >= 0.6 is 0 Å². The van der Waals surface area contributed by atoms with Gasteiger partial charge < -0.3 is 5.11 Å². The molecule has 2 aliphatic heterocycles. The Kier molecular flexibility index (Phi) is 4.31. The van der Waals surface area contributed by atoms with Crippen molar-refractivity contribution in [2.75, 3.05) is 26.2 Å². The van der Waals surface area contributed by atoms with Gasteiger partial charge in [-0.05, 0) is 38.0 Å². The third-order valence-corrected chi connectivity index (χ3v) is 6.11. The van der Waals surface area contributed by atoms with Crippen molar-refractivity contribution in [3.8, 4) is 0 Å². The Morgan fingerprint density at radius 3 is 2.39 bits per heavy atom. The molecule has 3 unspecified atom stereocenters. The summed E-state index contributed by atoms with van der Waals surface area (Å²) in [6, 6.07) is 0. The highest BCUT2D eigenvalue weighted by Crippen LogP contribution is 2.26. The molecular weight excluding hydrogens is 252 g/mol. The second-order valence-electron chi connectivity index (χ2n) is 5.76. The van der Waals surface area contributed by atoms with Crippen molar-refractivity contribution in [2.45, 2.75) is 39.2 Å². The molecule has 2 heterocycles. The van der Waals surface area contributed by atoms with E-state index in [4.69, 9.17) is 0 Å². The molecule has 2 rings (SSSR count). The predicted octanol–water partition coefficient (Wildman–Crippen LogP) is 0.666. The summed E-state index contributed by atoms with van der Waals surface area (Å²) in [7, 11) is -3.31. The van der Waals surface area contributed by atoms with E-state index in [2.05, 4.69) is 6.92 Å². The van der Waals surface area contributed by atoms with Gasteiger partial charge in [0.15, 0.2) is 0 Å². The van der Waals surface area contributed by atoms with Gasteiger partial charge in [-0.3, -0.25) is 0 Å². The molecule has 106 valence electrons. The molecule has 0 aliphatic carbocycles. The van der Waals surface area contributed by atoms with Crippen LogP contribution in [0.4, 0.5) is 0 Å². The zero-order valence-electron chi connectivity index (χ0n) is 11.2. The molecule has 0 radical (unpaired) electrons. The standard InChI is InChI=1S/C12H24N2O3S/c1-10-4-3-6-13(8-10)18(16,17)14-7-5-12(9-14)11(2)15/h10-12,15H,3-9H2,1-2H3. The Labute approximate surface area is 110 Å². The summed E-state index contributed by atoms with van der Waals surface area (Å²) in [6.07, 6.45) is 2.40. The summed E-state index contributed by atoms with van der Waals surface area (Å²) in [5.41, 5.74) is 0. The Morgan fingerprint density at radius 2 is 1.83 bits per heavy atom. The van der Waals surface area contributed by atoms with Crippen LogP contribution in [0.3, 0.4) is 0 Å². The summed E-state index contributed by atoms with van der Waals surface area (Å²) >= 11 is 0. The Balaban J connectivity index is 2.03. The van der Waals surface area contributed by atoms with Gasteiger partial charge in [-0.1, -0.05) is 6.92 Å². The maximum absolute atomic E-state index is 12.5. The lowest BCUT2D eigenvalue weighted by molar-refractivity contribution is 0.132. The average Bonchev–Trinajstić information content (AvgIpc) is 2.79. The topological polar surface area (TPSA) is 60.9 Å². The second kappa shape index (κ2) is 5.45. The van der Waals surface area contributed by atoms with E-state index in [0.29, 0.717) is 32.1 Å². The van der Waals surface area contributed by atoms with Crippen LogP contribution in [0.25, 0.3) is 0 Å². The fraction of sp³-hybridized carbons (Fsp3) is 1.00. The molecule has 0 amide bonds. The molecule has 0 bridgehead atoms. The van der Waals surface area contributed by atoms with Crippen LogP contribution in [0.5, 0.6) is 0 Å². The largest absolute Gasteiger partial charge is 0.393 e. The van der Waals surface area contributed by atoms with Gasteiger partial charge >= 0.3 is 0 Å². The first kappa shape index (κ1) is 14.2. The van der Waals surface area contributed by atoms with Crippen LogP contribution in [-0.4, -0.2) is 54.4 Å². The second-order valence-corrected chi connectivity index (χ2v) is 7.69. The van der Waals surface area contributed by atoms with Crippen molar-refractivity contribution in [1.29, 1.82) is 0 Å². The Bertz CT molecular complexity index is 383. The van der Waals surface area contributed by atoms with Crippen LogP contribution in [0.2, 0.25) is 0 Å². The van der Waals surface area contributed by atoms with E-state index >= 15 is 0 Å². The molecule has 0 aromatic carbocycles. The molecule has 2 fully saturated rings. The highest BCUT2D eigenvalue weighted by atomic mass is 32.2. The minimum absolute atomic E-state index is 0.0852. The summed E-state index contributed by atoms with van der Waals surface area (Å²) in [5.74, 6) is 0.533. The highest BCUT2D eigenvalue weighted by Gasteiger charge is 2.38. The van der Waals surface area contributed by atoms with Gasteiger partial charge in [-0.2, -0.15) is 17.0 Å². The number of nitrogens with zero attached hydrogens (tertiary/aromatic N) is 2. The first-order valence-corrected chi connectivity index (χ1v) is 8.24. The van der Waals surface area contributed by atoms with Crippen molar-refractivity contribution in [1.82, 2.24) is 8.61 Å². The van der Waals surface area contributed by atoms with E-state index in [1.165, 1.54) is 0 Å². The van der Waals surface area contributed by atoms with E-state index in [0.717, 1.165) is 19.3 Å². The van der Waals surface area contributed by atoms with E-state index in [1.54, 1.807) is 15.5 Å². The van der Waals surface area contributed by atoms with Gasteiger partial charge in [-0.25, -0.2) is 0 Å². The number of hydrogen-bond acceptors (Lipinski definition) is 3. The maximum atomic E-state index is 12.5. The normalized spacial score (nSPS) is 33.7. The first-order valence-electron chi connectivity index (χ1n) is 6.84. The molecule has 2 aliphatic rings. The molecule has 2 saturated heterocycles. The van der Waals surface area contributed by atoms with Crippen molar-refractivity contribution in [2.24, 2.45) is 11.8 Å². The third kappa shape index (κ3) is 2.87. The van der Waals surface area contributed by atoms with Crippen molar-refractivity contribution in [3.05, 3.63) is 0 Å². The zero-order chi connectivity index (χ0) is 13.3. The fourth-order valence-corrected chi connectivity index (χ4v) is 4.72. The van der Waals surface area contributed by atoms with Crippen molar-refractivity contribution >= 4 is 10.2 Å². The SMILES string of the molecule is CC1CCCN(S(=O)(=O)N2CCC(C(C)O)C2)C1. The van der Waals surface area contributed by atoms with Crippen LogP contribution in [0.15, 0.2) is 0 Å². The minimum atomic E-state index is -3.31. The number of hydrogen-bond donors (Lipinski definition) is 1. The average molecular weight is 276 g/mol. The lowest BCUT2D eigenvalue weighted by atomic mass is 10.0. The lowest BCUT2D eigenvalue weighted by Gasteiger charge is -2.33. The van der Waals surface area contributed by atoms with Crippen molar-refractivity contribution in [3.63, 3.8) is 0 Å². The lowest BCUT2D eigenvalue weighted by Crippen LogP contribution is -2.47. The smallest absolute Gasteiger partial charge is 0.281 e. The van der Waals surface area contributed by atoms with Gasteiger partial charge in [0.2, 0.25) is 0 Å². The van der Waals surface area contributed by atoms with Gasteiger partial charge in [0.1, 0.15) is 0 Å². The molecule has 0 aromatic rings. The van der Waals surface area contributed by atoms with Gasteiger partial charge in [0.05, 0.1) is 6.10 Å². The minimum Gasteiger partial charge on any atom is -0.393 e. The molecule has 3 atom stereocenters. The van der Waals surface area contributed by atoms with Crippen molar-refractivity contribution < 1.29 is 13.5 Å². The Morgan fingerprint density at radius 1 is 1.17 bits per heavy atom. The molecular formula is C12H24N2O3S. The molecule has 0 aromatic heterocycles. The van der Waals surface area contributed by atoms with Gasteiger partial charge in [0.25, 0.3) is 10.2 Å². The number of aliphatic hydroxyl groups is 1. The molecule has 0 saturated carbocycles. The van der Waals surface area contributed by atoms with E-state index in [-0.39, 0.29) is 5.92 Å². The quantitative estimate of drug-likeness (QED) is 0.824. The highest BCUT2D eigenvalue weighted by molar-refractivity contribution is 7.86. The monoisotopic (exact) mass is 276 g/mol. The molecule has 6 heteroatoms. The first-order chi connectivity index (χ1) is 8.41. The number of piperidine rings is 1. The molecule has 0 spiro atoms. The summed E-state index contributed by atoms with van der Waals surface area (Å²) in [4.78, 5) is 0. The summed E-state index contributed by atoms with van der Waals surface area (Å²) in [5, 5.41) is 9.55. The zero-order valence-corrected chi connectivity index (χ0v) is 12.1.